The second-order valence-corrected chi connectivity index (χ2v) is 8.01. The summed E-state index contributed by atoms with van der Waals surface area (Å²) < 4.78 is 37.6. The molecule has 1 aromatic rings. The number of rotatable bonds is 4. The topological polar surface area (TPSA) is 86.1 Å². The number of nitrogens with zero attached hydrogens (tertiary/aromatic N) is 4. The highest BCUT2D eigenvalue weighted by Gasteiger charge is 2.32. The van der Waals surface area contributed by atoms with Gasteiger partial charge in [0.1, 0.15) is 6.04 Å². The third kappa shape index (κ3) is 3.06. The van der Waals surface area contributed by atoms with Crippen LogP contribution in [0, 0.1) is 11.3 Å². The van der Waals surface area contributed by atoms with Gasteiger partial charge in [-0.2, -0.15) is 22.3 Å². The number of piperazine rings is 1. The van der Waals surface area contributed by atoms with Gasteiger partial charge in [-0.3, -0.25) is 4.90 Å². The molecule has 2 aliphatic rings. The van der Waals surface area contributed by atoms with Crippen LogP contribution in [0.1, 0.15) is 11.6 Å². The smallest absolute Gasteiger partial charge is 0.281 e. The van der Waals surface area contributed by atoms with Crippen molar-refractivity contribution in [3.05, 3.63) is 23.8 Å². The summed E-state index contributed by atoms with van der Waals surface area (Å²) in [6.45, 7) is 1.92. The maximum Gasteiger partial charge on any atom is 0.281 e. The molecule has 0 aromatic heterocycles. The Morgan fingerprint density at radius 3 is 2.46 bits per heavy atom. The van der Waals surface area contributed by atoms with Crippen molar-refractivity contribution in [2.24, 2.45) is 0 Å². The highest BCUT2D eigenvalue weighted by Crippen LogP contribution is 2.35. The number of hydrogen-bond acceptors (Lipinski definition) is 6. The summed E-state index contributed by atoms with van der Waals surface area (Å²) in [5.41, 5.74) is 0.825. The van der Waals surface area contributed by atoms with Gasteiger partial charge in [0, 0.05) is 40.3 Å². The molecule has 0 bridgehead atoms. The summed E-state index contributed by atoms with van der Waals surface area (Å²) in [5.74, 6) is 1.32. The number of ether oxygens (including phenoxy) is 2. The Morgan fingerprint density at radius 1 is 1.17 bits per heavy atom. The van der Waals surface area contributed by atoms with E-state index in [9.17, 15) is 13.7 Å². The SMILES string of the molecule is CN(C)S(=O)(=O)N1CCN(C(C#N)c2ccc3c(c2)OCO3)CC1. The van der Waals surface area contributed by atoms with Gasteiger partial charge in [0.15, 0.2) is 11.5 Å². The standard InChI is InChI=1S/C15H20N4O4S/c1-17(2)24(20,21)19-7-5-18(6-8-19)13(10-16)12-3-4-14-15(9-12)23-11-22-14/h3-4,9,13H,5-8,11H2,1-2H3. The van der Waals surface area contributed by atoms with Gasteiger partial charge >= 0.3 is 0 Å². The second kappa shape index (κ2) is 6.57. The molecule has 130 valence electrons. The van der Waals surface area contributed by atoms with Gasteiger partial charge in [0.2, 0.25) is 6.79 Å². The van der Waals surface area contributed by atoms with E-state index in [0.717, 1.165) is 5.56 Å². The zero-order valence-electron chi connectivity index (χ0n) is 13.7. The lowest BCUT2D eigenvalue weighted by Crippen LogP contribution is -2.52. The van der Waals surface area contributed by atoms with Crippen LogP contribution in [0.2, 0.25) is 0 Å². The average molecular weight is 352 g/mol. The van der Waals surface area contributed by atoms with Gasteiger partial charge in [-0.15, -0.1) is 0 Å². The molecular weight excluding hydrogens is 332 g/mol. The van der Waals surface area contributed by atoms with Crippen molar-refractivity contribution in [1.82, 2.24) is 13.5 Å². The van der Waals surface area contributed by atoms with Crippen molar-refractivity contribution >= 4 is 10.2 Å². The molecule has 9 heteroatoms. The molecule has 1 atom stereocenters. The van der Waals surface area contributed by atoms with Crippen LogP contribution in [0.15, 0.2) is 18.2 Å². The molecule has 0 spiro atoms. The Labute approximate surface area is 141 Å². The summed E-state index contributed by atoms with van der Waals surface area (Å²) >= 11 is 0. The average Bonchev–Trinajstić information content (AvgIpc) is 3.03. The Bertz CT molecular complexity index is 751. The molecule has 0 N–H and O–H groups in total. The van der Waals surface area contributed by atoms with E-state index in [4.69, 9.17) is 9.47 Å². The first-order chi connectivity index (χ1) is 11.4. The zero-order chi connectivity index (χ0) is 17.3. The van der Waals surface area contributed by atoms with E-state index >= 15 is 0 Å². The van der Waals surface area contributed by atoms with Crippen molar-refractivity contribution in [2.75, 3.05) is 47.1 Å². The van der Waals surface area contributed by atoms with Crippen LogP contribution in [0.25, 0.3) is 0 Å². The minimum absolute atomic E-state index is 0.192. The van der Waals surface area contributed by atoms with Crippen LogP contribution < -0.4 is 9.47 Å². The largest absolute Gasteiger partial charge is 0.454 e. The Kier molecular flexibility index (Phi) is 4.64. The number of benzene rings is 1. The normalized spacial score (nSPS) is 20.1. The highest BCUT2D eigenvalue weighted by molar-refractivity contribution is 7.86. The highest BCUT2D eigenvalue weighted by atomic mass is 32.2. The van der Waals surface area contributed by atoms with Crippen LogP contribution in [0.4, 0.5) is 0 Å². The van der Waals surface area contributed by atoms with Gasteiger partial charge in [-0.25, -0.2) is 0 Å². The zero-order valence-corrected chi connectivity index (χ0v) is 14.5. The lowest BCUT2D eigenvalue weighted by Gasteiger charge is -2.37. The molecule has 1 fully saturated rings. The number of fused-ring (bicyclic) bond motifs is 1. The van der Waals surface area contributed by atoms with E-state index in [1.165, 1.54) is 22.7 Å². The molecule has 8 nitrogen and oxygen atoms in total. The van der Waals surface area contributed by atoms with Crippen molar-refractivity contribution in [1.29, 1.82) is 5.26 Å². The summed E-state index contributed by atoms with van der Waals surface area (Å²) in [6.07, 6.45) is 0. The van der Waals surface area contributed by atoms with Crippen LogP contribution in [0.3, 0.4) is 0 Å². The number of hydrogen-bond donors (Lipinski definition) is 0. The molecule has 2 heterocycles. The van der Waals surface area contributed by atoms with Crippen LogP contribution in [-0.4, -0.2) is 69.0 Å². The maximum absolute atomic E-state index is 12.2. The Morgan fingerprint density at radius 2 is 1.83 bits per heavy atom. The van der Waals surface area contributed by atoms with Crippen LogP contribution >= 0.6 is 0 Å². The summed E-state index contributed by atoms with van der Waals surface area (Å²) in [7, 11) is -0.367. The summed E-state index contributed by atoms with van der Waals surface area (Å²) in [5, 5.41) is 9.59. The first-order valence-electron chi connectivity index (χ1n) is 7.64. The summed E-state index contributed by atoms with van der Waals surface area (Å²) in [6, 6.07) is 7.34. The van der Waals surface area contributed by atoms with E-state index in [2.05, 4.69) is 6.07 Å². The summed E-state index contributed by atoms with van der Waals surface area (Å²) in [4.78, 5) is 1.99. The van der Waals surface area contributed by atoms with Gasteiger partial charge < -0.3 is 9.47 Å². The molecule has 1 saturated heterocycles. The quantitative estimate of drug-likeness (QED) is 0.780. The third-order valence-corrected chi connectivity index (χ3v) is 6.20. The molecule has 1 aromatic carbocycles. The van der Waals surface area contributed by atoms with Gasteiger partial charge in [-0.05, 0) is 17.7 Å². The maximum atomic E-state index is 12.2. The fraction of sp³-hybridized carbons (Fsp3) is 0.533. The molecule has 1 unspecified atom stereocenters. The lowest BCUT2D eigenvalue weighted by molar-refractivity contribution is 0.158. The van der Waals surface area contributed by atoms with E-state index in [0.29, 0.717) is 37.7 Å². The van der Waals surface area contributed by atoms with Crippen molar-refractivity contribution in [2.45, 2.75) is 6.04 Å². The Balaban J connectivity index is 1.72. The van der Waals surface area contributed by atoms with Gasteiger partial charge in [0.05, 0.1) is 6.07 Å². The van der Waals surface area contributed by atoms with E-state index in [-0.39, 0.29) is 6.79 Å². The minimum atomic E-state index is -3.41. The number of nitriles is 1. The second-order valence-electron chi connectivity index (χ2n) is 5.87. The van der Waals surface area contributed by atoms with Crippen molar-refractivity contribution < 1.29 is 17.9 Å². The van der Waals surface area contributed by atoms with E-state index in [1.54, 1.807) is 6.07 Å². The van der Waals surface area contributed by atoms with Crippen LogP contribution in [0.5, 0.6) is 11.5 Å². The molecular formula is C15H20N4O4S. The third-order valence-electron chi connectivity index (χ3n) is 4.26. The monoisotopic (exact) mass is 352 g/mol. The van der Waals surface area contributed by atoms with Gasteiger partial charge in [-0.1, -0.05) is 6.07 Å². The fourth-order valence-corrected chi connectivity index (χ4v) is 3.96. The molecule has 2 aliphatic heterocycles. The fourth-order valence-electron chi connectivity index (χ4n) is 2.87. The van der Waals surface area contributed by atoms with E-state index in [1.807, 2.05) is 17.0 Å². The van der Waals surface area contributed by atoms with E-state index < -0.39 is 16.3 Å². The first kappa shape index (κ1) is 17.0. The minimum Gasteiger partial charge on any atom is -0.454 e. The molecule has 0 amide bonds. The molecule has 3 rings (SSSR count). The van der Waals surface area contributed by atoms with Gasteiger partial charge in [0.25, 0.3) is 10.2 Å². The van der Waals surface area contributed by atoms with Crippen LogP contribution in [-0.2, 0) is 10.2 Å². The molecule has 0 radical (unpaired) electrons. The predicted octanol–water partition coefficient (Wildman–Crippen LogP) is 0.404. The van der Waals surface area contributed by atoms with Crippen molar-refractivity contribution in [3.8, 4) is 17.6 Å². The molecule has 24 heavy (non-hydrogen) atoms. The van der Waals surface area contributed by atoms with Crippen molar-refractivity contribution in [3.63, 3.8) is 0 Å². The Hall–Kier alpha value is -1.86. The molecule has 0 saturated carbocycles. The first-order valence-corrected chi connectivity index (χ1v) is 9.04. The molecule has 0 aliphatic carbocycles. The lowest BCUT2D eigenvalue weighted by atomic mass is 10.1. The predicted molar refractivity (Wildman–Crippen MR) is 86.7 cm³/mol.